The zero-order valence-electron chi connectivity index (χ0n) is 10.9. The van der Waals surface area contributed by atoms with Crippen LogP contribution in [-0.4, -0.2) is 22.9 Å². The van der Waals surface area contributed by atoms with E-state index < -0.39 is 0 Å². The third-order valence-electron chi connectivity index (χ3n) is 3.74. The Balaban J connectivity index is 2.33. The monoisotopic (exact) mass is 242 g/mol. The van der Waals surface area contributed by atoms with Crippen molar-refractivity contribution in [2.24, 2.45) is 0 Å². The minimum atomic E-state index is 0.175. The van der Waals surface area contributed by atoms with Gasteiger partial charge in [0.05, 0.1) is 0 Å². The Labute approximate surface area is 107 Å². The van der Waals surface area contributed by atoms with E-state index in [9.17, 15) is 4.79 Å². The molecular weight excluding hydrogens is 224 g/mol. The van der Waals surface area contributed by atoms with Crippen LogP contribution in [0.5, 0.6) is 0 Å². The van der Waals surface area contributed by atoms with Crippen LogP contribution in [0.4, 0.5) is 0 Å². The van der Waals surface area contributed by atoms with Crippen molar-refractivity contribution in [1.82, 2.24) is 9.88 Å². The standard InChI is InChI=1S/C15H18N2O/c1-10-9-17-13-6-4-3-5-12(13)15(11(2)18)14(17)7-8-16-10/h3-6,10,16H,7-9H2,1-2H3. The van der Waals surface area contributed by atoms with E-state index in [0.29, 0.717) is 6.04 Å². The summed E-state index contributed by atoms with van der Waals surface area (Å²) in [5, 5.41) is 4.58. The molecule has 3 rings (SSSR count). The van der Waals surface area contributed by atoms with Gasteiger partial charge in [-0.3, -0.25) is 4.79 Å². The van der Waals surface area contributed by atoms with Crippen molar-refractivity contribution in [3.05, 3.63) is 35.5 Å². The fourth-order valence-electron chi connectivity index (χ4n) is 2.99. The molecule has 0 aliphatic carbocycles. The number of carbonyl (C=O) groups is 1. The van der Waals surface area contributed by atoms with Gasteiger partial charge in [-0.05, 0) is 19.9 Å². The molecule has 1 aromatic carbocycles. The third kappa shape index (κ3) is 1.66. The quantitative estimate of drug-likeness (QED) is 0.779. The number of benzene rings is 1. The normalized spacial score (nSPS) is 19.6. The molecule has 18 heavy (non-hydrogen) atoms. The second-order valence-electron chi connectivity index (χ2n) is 5.11. The molecule has 0 fully saturated rings. The molecule has 94 valence electrons. The SMILES string of the molecule is CC(=O)c1c2n(c3ccccc13)CC(C)NCC2. The first kappa shape index (κ1) is 11.5. The highest BCUT2D eigenvalue weighted by molar-refractivity contribution is 6.08. The minimum absolute atomic E-state index is 0.175. The number of ketones is 1. The van der Waals surface area contributed by atoms with Gasteiger partial charge in [-0.25, -0.2) is 0 Å². The minimum Gasteiger partial charge on any atom is -0.342 e. The maximum atomic E-state index is 12.0. The van der Waals surface area contributed by atoms with Crippen molar-refractivity contribution in [2.45, 2.75) is 32.9 Å². The number of carbonyl (C=O) groups excluding carboxylic acids is 1. The highest BCUT2D eigenvalue weighted by Gasteiger charge is 2.22. The summed E-state index contributed by atoms with van der Waals surface area (Å²) >= 11 is 0. The van der Waals surface area contributed by atoms with Gasteiger partial charge in [-0.1, -0.05) is 18.2 Å². The fraction of sp³-hybridized carbons (Fsp3) is 0.400. The predicted molar refractivity (Wildman–Crippen MR) is 73.1 cm³/mol. The fourth-order valence-corrected chi connectivity index (χ4v) is 2.99. The van der Waals surface area contributed by atoms with Gasteiger partial charge in [-0.2, -0.15) is 0 Å². The van der Waals surface area contributed by atoms with Crippen LogP contribution in [0.2, 0.25) is 0 Å². The van der Waals surface area contributed by atoms with Crippen molar-refractivity contribution in [2.75, 3.05) is 6.54 Å². The Morgan fingerprint density at radius 2 is 2.17 bits per heavy atom. The van der Waals surface area contributed by atoms with Crippen LogP contribution in [0.1, 0.15) is 29.9 Å². The number of rotatable bonds is 1. The van der Waals surface area contributed by atoms with Crippen LogP contribution in [0.3, 0.4) is 0 Å². The second kappa shape index (κ2) is 4.25. The number of para-hydroxylation sites is 1. The van der Waals surface area contributed by atoms with Crippen molar-refractivity contribution in [3.63, 3.8) is 0 Å². The van der Waals surface area contributed by atoms with Gasteiger partial charge < -0.3 is 9.88 Å². The number of Topliss-reactive ketones (excluding diaryl/α,β-unsaturated/α-hetero) is 1. The molecule has 2 aromatic rings. The highest BCUT2D eigenvalue weighted by Crippen LogP contribution is 2.28. The molecule has 1 atom stereocenters. The Morgan fingerprint density at radius 3 is 2.94 bits per heavy atom. The van der Waals surface area contributed by atoms with Crippen LogP contribution in [-0.2, 0) is 13.0 Å². The van der Waals surface area contributed by atoms with Crippen LogP contribution >= 0.6 is 0 Å². The molecule has 3 nitrogen and oxygen atoms in total. The molecule has 0 amide bonds. The van der Waals surface area contributed by atoms with Gasteiger partial charge in [0.25, 0.3) is 0 Å². The molecule has 0 spiro atoms. The van der Waals surface area contributed by atoms with Crippen LogP contribution in [0.25, 0.3) is 10.9 Å². The van der Waals surface area contributed by atoms with Crippen molar-refractivity contribution in [3.8, 4) is 0 Å². The third-order valence-corrected chi connectivity index (χ3v) is 3.74. The summed E-state index contributed by atoms with van der Waals surface area (Å²) in [4.78, 5) is 12.0. The number of hydrogen-bond acceptors (Lipinski definition) is 2. The maximum Gasteiger partial charge on any atom is 0.162 e. The Kier molecular flexibility index (Phi) is 2.71. The first-order valence-corrected chi connectivity index (χ1v) is 6.53. The van der Waals surface area contributed by atoms with Gasteiger partial charge in [0, 0.05) is 47.7 Å². The van der Waals surface area contributed by atoms with Crippen LogP contribution < -0.4 is 5.32 Å². The molecule has 2 heterocycles. The first-order chi connectivity index (χ1) is 8.68. The van der Waals surface area contributed by atoms with E-state index >= 15 is 0 Å². The Morgan fingerprint density at radius 1 is 1.39 bits per heavy atom. The molecule has 1 aromatic heterocycles. The van der Waals surface area contributed by atoms with Gasteiger partial charge >= 0.3 is 0 Å². The lowest BCUT2D eigenvalue weighted by Gasteiger charge is -2.11. The summed E-state index contributed by atoms with van der Waals surface area (Å²) in [7, 11) is 0. The Hall–Kier alpha value is -1.61. The highest BCUT2D eigenvalue weighted by atomic mass is 16.1. The number of aromatic nitrogens is 1. The largest absolute Gasteiger partial charge is 0.342 e. The van der Waals surface area contributed by atoms with Gasteiger partial charge in [-0.15, -0.1) is 0 Å². The molecule has 0 radical (unpaired) electrons. The van der Waals surface area contributed by atoms with Gasteiger partial charge in [0.15, 0.2) is 5.78 Å². The van der Waals surface area contributed by atoms with E-state index in [0.717, 1.165) is 30.5 Å². The van der Waals surface area contributed by atoms with E-state index in [1.807, 2.05) is 12.1 Å². The number of nitrogens with zero attached hydrogens (tertiary/aromatic N) is 1. The van der Waals surface area contributed by atoms with E-state index in [1.54, 1.807) is 6.92 Å². The van der Waals surface area contributed by atoms with Crippen LogP contribution in [0, 0.1) is 0 Å². The summed E-state index contributed by atoms with van der Waals surface area (Å²) in [6.45, 7) is 5.74. The second-order valence-corrected chi connectivity index (χ2v) is 5.11. The smallest absolute Gasteiger partial charge is 0.162 e. The summed E-state index contributed by atoms with van der Waals surface area (Å²) < 4.78 is 2.32. The van der Waals surface area contributed by atoms with E-state index in [2.05, 4.69) is 28.9 Å². The van der Waals surface area contributed by atoms with Crippen LogP contribution in [0.15, 0.2) is 24.3 Å². The molecular formula is C15H18N2O. The maximum absolute atomic E-state index is 12.0. The number of nitrogens with one attached hydrogen (secondary N) is 1. The van der Waals surface area contributed by atoms with Crippen molar-refractivity contribution in [1.29, 1.82) is 0 Å². The summed E-state index contributed by atoms with van der Waals surface area (Å²) in [6.07, 6.45) is 0.925. The van der Waals surface area contributed by atoms with E-state index in [-0.39, 0.29) is 5.78 Å². The lowest BCUT2D eigenvalue weighted by atomic mass is 10.1. The predicted octanol–water partition coefficient (Wildman–Crippen LogP) is 2.38. The molecule has 0 saturated heterocycles. The zero-order valence-corrected chi connectivity index (χ0v) is 10.9. The number of hydrogen-bond donors (Lipinski definition) is 1. The Bertz CT molecular complexity index is 612. The average Bonchev–Trinajstić information content (AvgIpc) is 2.51. The molecule has 1 aliphatic rings. The average molecular weight is 242 g/mol. The molecule has 3 heteroatoms. The molecule has 1 unspecified atom stereocenters. The zero-order chi connectivity index (χ0) is 12.7. The summed E-state index contributed by atoms with van der Waals surface area (Å²) in [5.74, 6) is 0.175. The molecule has 0 bridgehead atoms. The summed E-state index contributed by atoms with van der Waals surface area (Å²) in [5.41, 5.74) is 3.30. The van der Waals surface area contributed by atoms with Crippen molar-refractivity contribution < 1.29 is 4.79 Å². The lowest BCUT2D eigenvalue weighted by molar-refractivity contribution is 0.101. The first-order valence-electron chi connectivity index (χ1n) is 6.53. The van der Waals surface area contributed by atoms with Gasteiger partial charge in [0.2, 0.25) is 0 Å². The molecule has 1 aliphatic heterocycles. The van der Waals surface area contributed by atoms with E-state index in [4.69, 9.17) is 0 Å². The topological polar surface area (TPSA) is 34.0 Å². The summed E-state index contributed by atoms with van der Waals surface area (Å²) in [6, 6.07) is 8.68. The van der Waals surface area contributed by atoms with Crippen molar-refractivity contribution >= 4 is 16.7 Å². The van der Waals surface area contributed by atoms with E-state index in [1.165, 1.54) is 11.2 Å². The molecule has 0 saturated carbocycles. The molecule has 1 N–H and O–H groups in total. The van der Waals surface area contributed by atoms with Gasteiger partial charge in [0.1, 0.15) is 0 Å². The lowest BCUT2D eigenvalue weighted by Crippen LogP contribution is -2.28. The number of fused-ring (bicyclic) bond motifs is 3.